The molecule has 5 nitrogen and oxygen atoms in total. The number of hydrogen-bond donors (Lipinski definition) is 1. The fraction of sp³-hybridized carbons (Fsp3) is 0.278. The van der Waals surface area contributed by atoms with Crippen molar-refractivity contribution in [3.8, 4) is 0 Å². The van der Waals surface area contributed by atoms with Crippen LogP contribution in [0, 0.1) is 4.91 Å². The molecule has 0 aliphatic heterocycles. The third kappa shape index (κ3) is 5.30. The molecule has 2 N–H and O–H groups in total. The molecule has 0 atom stereocenters. The minimum absolute atomic E-state index is 0.304. The van der Waals surface area contributed by atoms with Crippen LogP contribution in [0.2, 0.25) is 0 Å². The summed E-state index contributed by atoms with van der Waals surface area (Å²) in [5.74, 6) is 4.55. The maximum absolute atomic E-state index is 11.6. The number of nitrogens with two attached hydrogens (primary N) is 1. The van der Waals surface area contributed by atoms with Crippen molar-refractivity contribution in [1.29, 1.82) is 0 Å². The molecule has 0 aliphatic carbocycles. The second-order valence-electron chi connectivity index (χ2n) is 5.47. The number of rotatable bonds is 8. The van der Waals surface area contributed by atoms with Crippen LogP contribution in [-0.2, 0) is 12.8 Å². The fourth-order valence-electron chi connectivity index (χ4n) is 2.46. The Morgan fingerprint density at radius 2 is 1.43 bits per heavy atom. The van der Waals surface area contributed by atoms with Gasteiger partial charge in [-0.25, -0.2) is 5.84 Å². The average molecular weight is 311 g/mol. The van der Waals surface area contributed by atoms with Crippen molar-refractivity contribution in [2.75, 3.05) is 0 Å². The summed E-state index contributed by atoms with van der Waals surface area (Å²) in [6.07, 6.45) is 5.54. The number of hydrazine groups is 1. The van der Waals surface area contributed by atoms with Crippen LogP contribution in [0.1, 0.15) is 40.7 Å². The van der Waals surface area contributed by atoms with Gasteiger partial charge in [-0.05, 0) is 48.9 Å². The van der Waals surface area contributed by atoms with Crippen molar-refractivity contribution in [1.82, 2.24) is 5.12 Å². The maximum atomic E-state index is 11.6. The normalized spacial score (nSPS) is 10.3. The Bertz CT molecular complexity index is 626. The van der Waals surface area contributed by atoms with Gasteiger partial charge in [0.2, 0.25) is 0 Å². The molecule has 2 aromatic carbocycles. The van der Waals surface area contributed by atoms with E-state index in [1.54, 1.807) is 12.1 Å². The van der Waals surface area contributed by atoms with Crippen molar-refractivity contribution < 1.29 is 4.79 Å². The Hall–Kier alpha value is -2.53. The van der Waals surface area contributed by atoms with Gasteiger partial charge in [0.25, 0.3) is 5.91 Å². The van der Waals surface area contributed by atoms with Gasteiger partial charge in [0.1, 0.15) is 0 Å². The fourth-order valence-corrected chi connectivity index (χ4v) is 2.46. The van der Waals surface area contributed by atoms with Gasteiger partial charge in [0.15, 0.2) is 0 Å². The summed E-state index contributed by atoms with van der Waals surface area (Å²) in [6, 6.07) is 17.6. The van der Waals surface area contributed by atoms with Crippen LogP contribution < -0.4 is 5.84 Å². The highest BCUT2D eigenvalue weighted by Crippen LogP contribution is 2.12. The average Bonchev–Trinajstić information content (AvgIpc) is 2.61. The predicted molar refractivity (Wildman–Crippen MR) is 90.3 cm³/mol. The van der Waals surface area contributed by atoms with E-state index in [2.05, 4.69) is 29.6 Å². The van der Waals surface area contributed by atoms with Crippen LogP contribution >= 0.6 is 0 Å². The quantitative estimate of drug-likeness (QED) is 0.266. The first kappa shape index (κ1) is 16.8. The summed E-state index contributed by atoms with van der Waals surface area (Å²) in [5.41, 5.74) is 2.91. The van der Waals surface area contributed by atoms with E-state index in [0.29, 0.717) is 10.7 Å². The third-order valence-corrected chi connectivity index (χ3v) is 3.77. The number of unbranched alkanes of at least 4 members (excludes halogenated alkanes) is 2. The molecule has 0 aliphatic rings. The molecule has 0 aromatic heterocycles. The standard InChI is InChI=1S/C18H21N3O2/c19-21(20-23)18(22)17-13-11-16(12-14-17)10-6-2-5-9-15-7-3-1-4-8-15/h1,3-4,7-8,11-14H,2,5-6,9-10,19H2. The van der Waals surface area contributed by atoms with Gasteiger partial charge in [0, 0.05) is 5.56 Å². The minimum atomic E-state index is -0.602. The Kier molecular flexibility index (Phi) is 6.44. The van der Waals surface area contributed by atoms with E-state index in [4.69, 9.17) is 5.84 Å². The zero-order valence-electron chi connectivity index (χ0n) is 13.0. The number of amides is 1. The number of carbonyl (C=O) groups excluding carboxylic acids is 1. The van der Waals surface area contributed by atoms with Gasteiger partial charge in [-0.15, -0.1) is 10.0 Å². The molecule has 2 aromatic rings. The SMILES string of the molecule is NN(N=O)C(=O)c1ccc(CCCCCc2ccccc2)cc1. The van der Waals surface area contributed by atoms with E-state index in [9.17, 15) is 9.70 Å². The van der Waals surface area contributed by atoms with E-state index in [1.807, 2.05) is 18.2 Å². The molecule has 5 heteroatoms. The molecule has 0 bridgehead atoms. The van der Waals surface area contributed by atoms with Crippen LogP contribution in [0.15, 0.2) is 59.9 Å². The molecule has 0 saturated heterocycles. The zero-order chi connectivity index (χ0) is 16.5. The van der Waals surface area contributed by atoms with Gasteiger partial charge in [0.05, 0.1) is 5.29 Å². The largest absolute Gasteiger partial charge is 0.291 e. The number of aryl methyl sites for hydroxylation is 2. The summed E-state index contributed by atoms with van der Waals surface area (Å²) in [4.78, 5) is 21.9. The molecule has 2 rings (SSSR count). The van der Waals surface area contributed by atoms with Gasteiger partial charge in [-0.3, -0.25) is 4.79 Å². The molecule has 0 fully saturated rings. The zero-order valence-corrected chi connectivity index (χ0v) is 13.0. The second-order valence-corrected chi connectivity index (χ2v) is 5.47. The summed E-state index contributed by atoms with van der Waals surface area (Å²) in [6.45, 7) is 0. The second kappa shape index (κ2) is 8.80. The number of hydrogen-bond acceptors (Lipinski definition) is 4. The van der Waals surface area contributed by atoms with E-state index in [-0.39, 0.29) is 0 Å². The summed E-state index contributed by atoms with van der Waals surface area (Å²) >= 11 is 0. The van der Waals surface area contributed by atoms with Gasteiger partial charge >= 0.3 is 0 Å². The molecule has 23 heavy (non-hydrogen) atoms. The van der Waals surface area contributed by atoms with E-state index >= 15 is 0 Å². The Morgan fingerprint density at radius 1 is 0.870 bits per heavy atom. The van der Waals surface area contributed by atoms with E-state index < -0.39 is 5.91 Å². The summed E-state index contributed by atoms with van der Waals surface area (Å²) in [5, 5.41) is 2.70. The Balaban J connectivity index is 1.72. The molecule has 0 saturated carbocycles. The molecule has 1 amide bonds. The van der Waals surface area contributed by atoms with Crippen LogP contribution in [0.5, 0.6) is 0 Å². The smallest absolute Gasteiger partial charge is 0.266 e. The molecular formula is C18H21N3O2. The number of nitroso groups, excluding NO2 is 1. The molecule has 0 heterocycles. The number of nitrogens with zero attached hydrogens (tertiary/aromatic N) is 2. The van der Waals surface area contributed by atoms with Gasteiger partial charge < -0.3 is 0 Å². The highest BCUT2D eigenvalue weighted by molar-refractivity contribution is 5.93. The van der Waals surface area contributed by atoms with Crippen molar-refractivity contribution in [3.05, 3.63) is 76.2 Å². The molecular weight excluding hydrogens is 290 g/mol. The topological polar surface area (TPSA) is 75.8 Å². The van der Waals surface area contributed by atoms with Crippen molar-refractivity contribution >= 4 is 5.91 Å². The molecule has 120 valence electrons. The monoisotopic (exact) mass is 311 g/mol. The minimum Gasteiger partial charge on any atom is -0.266 e. The van der Waals surface area contributed by atoms with Crippen molar-refractivity contribution in [3.63, 3.8) is 0 Å². The summed E-state index contributed by atoms with van der Waals surface area (Å²) < 4.78 is 0. The van der Waals surface area contributed by atoms with Crippen molar-refractivity contribution in [2.24, 2.45) is 11.1 Å². The van der Waals surface area contributed by atoms with Gasteiger partial charge in [-0.1, -0.05) is 48.9 Å². The Morgan fingerprint density at radius 3 is 2.00 bits per heavy atom. The van der Waals surface area contributed by atoms with Crippen LogP contribution in [0.4, 0.5) is 0 Å². The first-order valence-corrected chi connectivity index (χ1v) is 7.76. The van der Waals surface area contributed by atoms with E-state index in [0.717, 1.165) is 19.3 Å². The highest BCUT2D eigenvalue weighted by atomic mass is 16.3. The molecule has 0 unspecified atom stereocenters. The van der Waals surface area contributed by atoms with Crippen LogP contribution in [-0.4, -0.2) is 11.0 Å². The summed E-state index contributed by atoms with van der Waals surface area (Å²) in [7, 11) is 0. The lowest BCUT2D eigenvalue weighted by molar-refractivity contribution is 0.0757. The van der Waals surface area contributed by atoms with Crippen molar-refractivity contribution in [2.45, 2.75) is 32.1 Å². The lowest BCUT2D eigenvalue weighted by Crippen LogP contribution is -2.31. The molecule has 0 radical (unpaired) electrons. The lowest BCUT2D eigenvalue weighted by atomic mass is 10.0. The lowest BCUT2D eigenvalue weighted by Gasteiger charge is -2.07. The maximum Gasteiger partial charge on any atom is 0.291 e. The highest BCUT2D eigenvalue weighted by Gasteiger charge is 2.12. The van der Waals surface area contributed by atoms with Crippen LogP contribution in [0.25, 0.3) is 0 Å². The Labute approximate surface area is 136 Å². The predicted octanol–water partition coefficient (Wildman–Crippen LogP) is 3.64. The van der Waals surface area contributed by atoms with E-state index in [1.165, 1.54) is 24.0 Å². The third-order valence-electron chi connectivity index (χ3n) is 3.77. The molecule has 0 spiro atoms. The first-order chi connectivity index (χ1) is 11.2. The number of benzene rings is 2. The number of carbonyl (C=O) groups is 1. The van der Waals surface area contributed by atoms with Gasteiger partial charge in [-0.2, -0.15) is 0 Å². The van der Waals surface area contributed by atoms with Crippen LogP contribution in [0.3, 0.4) is 0 Å². The first-order valence-electron chi connectivity index (χ1n) is 7.76.